The van der Waals surface area contributed by atoms with Crippen molar-refractivity contribution < 1.29 is 4.79 Å². The van der Waals surface area contributed by atoms with Crippen LogP contribution in [0.3, 0.4) is 0 Å². The lowest BCUT2D eigenvalue weighted by molar-refractivity contribution is -0.123. The van der Waals surface area contributed by atoms with Crippen LogP contribution in [0.2, 0.25) is 0 Å². The second kappa shape index (κ2) is 7.77. The predicted octanol–water partition coefficient (Wildman–Crippen LogP) is 1.90. The van der Waals surface area contributed by atoms with Gasteiger partial charge in [-0.1, -0.05) is 13.0 Å². The lowest BCUT2D eigenvalue weighted by Crippen LogP contribution is -2.51. The zero-order valence-electron chi connectivity index (χ0n) is 14.1. The van der Waals surface area contributed by atoms with Crippen LogP contribution in [0.1, 0.15) is 32.6 Å². The average molecular weight is 316 g/mol. The highest BCUT2D eigenvalue weighted by Gasteiger charge is 2.23. The Kier molecular flexibility index (Phi) is 5.49. The number of rotatable bonds is 4. The standard InChI is InChI=1S/C18H28N4O/c1-15-5-7-16(8-6-15)20-18(23)14-21-10-12-22(13-11-21)17-4-2-3-9-19-17/h2-4,9,15-16H,5-8,10-14H2,1H3,(H,20,23). The van der Waals surface area contributed by atoms with E-state index >= 15 is 0 Å². The maximum atomic E-state index is 12.2. The van der Waals surface area contributed by atoms with Crippen molar-refractivity contribution in [1.82, 2.24) is 15.2 Å². The van der Waals surface area contributed by atoms with Gasteiger partial charge in [-0.15, -0.1) is 0 Å². The summed E-state index contributed by atoms with van der Waals surface area (Å²) in [6.45, 7) is 6.55. The molecule has 0 bridgehead atoms. The Hall–Kier alpha value is -1.62. The molecule has 1 aliphatic carbocycles. The smallest absolute Gasteiger partial charge is 0.234 e. The zero-order chi connectivity index (χ0) is 16.1. The number of nitrogens with zero attached hydrogens (tertiary/aromatic N) is 3. The van der Waals surface area contributed by atoms with Gasteiger partial charge in [-0.3, -0.25) is 9.69 Å². The number of amides is 1. The van der Waals surface area contributed by atoms with Crippen molar-refractivity contribution in [2.45, 2.75) is 38.6 Å². The minimum absolute atomic E-state index is 0.191. The Labute approximate surface area is 139 Å². The maximum Gasteiger partial charge on any atom is 0.234 e. The summed E-state index contributed by atoms with van der Waals surface area (Å²) in [5.74, 6) is 2.05. The Morgan fingerprint density at radius 3 is 2.57 bits per heavy atom. The van der Waals surface area contributed by atoms with Gasteiger partial charge < -0.3 is 10.2 Å². The van der Waals surface area contributed by atoms with Gasteiger partial charge in [0, 0.05) is 38.4 Å². The molecule has 1 aliphatic heterocycles. The van der Waals surface area contributed by atoms with E-state index in [1.807, 2.05) is 24.4 Å². The van der Waals surface area contributed by atoms with E-state index in [0.717, 1.165) is 50.8 Å². The molecule has 126 valence electrons. The molecule has 5 heteroatoms. The molecule has 0 atom stereocenters. The number of aromatic nitrogens is 1. The van der Waals surface area contributed by atoms with Gasteiger partial charge in [0.2, 0.25) is 5.91 Å². The molecule has 2 heterocycles. The van der Waals surface area contributed by atoms with Crippen molar-refractivity contribution in [2.75, 3.05) is 37.6 Å². The number of piperazine rings is 1. The third-order valence-electron chi connectivity index (χ3n) is 5.09. The average Bonchev–Trinajstić information content (AvgIpc) is 2.58. The molecule has 0 aromatic carbocycles. The summed E-state index contributed by atoms with van der Waals surface area (Å²) in [7, 11) is 0. The summed E-state index contributed by atoms with van der Waals surface area (Å²) >= 11 is 0. The number of nitrogens with one attached hydrogen (secondary N) is 1. The highest BCUT2D eigenvalue weighted by atomic mass is 16.2. The number of carbonyl (C=O) groups is 1. The molecular formula is C18H28N4O. The fraction of sp³-hybridized carbons (Fsp3) is 0.667. The van der Waals surface area contributed by atoms with Crippen molar-refractivity contribution >= 4 is 11.7 Å². The van der Waals surface area contributed by atoms with E-state index in [9.17, 15) is 4.79 Å². The van der Waals surface area contributed by atoms with Crippen molar-refractivity contribution in [1.29, 1.82) is 0 Å². The van der Waals surface area contributed by atoms with E-state index in [2.05, 4.69) is 27.0 Å². The quantitative estimate of drug-likeness (QED) is 0.922. The first-order valence-corrected chi connectivity index (χ1v) is 8.88. The third kappa shape index (κ3) is 4.67. The molecule has 5 nitrogen and oxygen atoms in total. The SMILES string of the molecule is CC1CCC(NC(=O)CN2CCN(c3ccccn3)CC2)CC1. The second-order valence-corrected chi connectivity index (χ2v) is 6.98. The minimum Gasteiger partial charge on any atom is -0.354 e. The maximum absolute atomic E-state index is 12.2. The van der Waals surface area contributed by atoms with Crippen LogP contribution in [0.4, 0.5) is 5.82 Å². The summed E-state index contributed by atoms with van der Waals surface area (Å²) in [6, 6.07) is 6.41. The number of anilines is 1. The van der Waals surface area contributed by atoms with E-state index in [4.69, 9.17) is 0 Å². The summed E-state index contributed by atoms with van der Waals surface area (Å²) in [6.07, 6.45) is 6.60. The van der Waals surface area contributed by atoms with E-state index < -0.39 is 0 Å². The molecule has 0 spiro atoms. The van der Waals surface area contributed by atoms with Gasteiger partial charge in [-0.05, 0) is 43.7 Å². The van der Waals surface area contributed by atoms with Crippen LogP contribution in [-0.4, -0.2) is 54.6 Å². The molecule has 1 aromatic rings. The van der Waals surface area contributed by atoms with Crippen LogP contribution < -0.4 is 10.2 Å². The zero-order valence-corrected chi connectivity index (χ0v) is 14.1. The largest absolute Gasteiger partial charge is 0.354 e. The monoisotopic (exact) mass is 316 g/mol. The van der Waals surface area contributed by atoms with Gasteiger partial charge in [-0.2, -0.15) is 0 Å². The number of hydrogen-bond acceptors (Lipinski definition) is 4. The Morgan fingerprint density at radius 2 is 1.91 bits per heavy atom. The van der Waals surface area contributed by atoms with Crippen LogP contribution >= 0.6 is 0 Å². The van der Waals surface area contributed by atoms with Crippen LogP contribution in [0, 0.1) is 5.92 Å². The molecule has 1 amide bonds. The number of carbonyl (C=O) groups excluding carboxylic acids is 1. The fourth-order valence-corrected chi connectivity index (χ4v) is 3.56. The van der Waals surface area contributed by atoms with Crippen molar-refractivity contribution in [2.24, 2.45) is 5.92 Å². The van der Waals surface area contributed by atoms with Crippen molar-refractivity contribution in [3.63, 3.8) is 0 Å². The molecule has 23 heavy (non-hydrogen) atoms. The van der Waals surface area contributed by atoms with Gasteiger partial charge in [-0.25, -0.2) is 4.98 Å². The molecule has 3 rings (SSSR count). The van der Waals surface area contributed by atoms with Gasteiger partial charge >= 0.3 is 0 Å². The van der Waals surface area contributed by atoms with Gasteiger partial charge in [0.15, 0.2) is 0 Å². The fourth-order valence-electron chi connectivity index (χ4n) is 3.56. The Balaban J connectivity index is 1.39. The highest BCUT2D eigenvalue weighted by molar-refractivity contribution is 5.78. The molecular weight excluding hydrogens is 288 g/mol. The van der Waals surface area contributed by atoms with E-state index in [1.165, 1.54) is 12.8 Å². The van der Waals surface area contributed by atoms with E-state index in [-0.39, 0.29) is 5.91 Å². The van der Waals surface area contributed by atoms with Gasteiger partial charge in [0.25, 0.3) is 0 Å². The second-order valence-electron chi connectivity index (χ2n) is 6.98. The molecule has 2 aliphatic rings. The lowest BCUT2D eigenvalue weighted by atomic mass is 9.87. The Morgan fingerprint density at radius 1 is 1.17 bits per heavy atom. The van der Waals surface area contributed by atoms with Gasteiger partial charge in [0.1, 0.15) is 5.82 Å². The molecule has 1 N–H and O–H groups in total. The molecule has 0 radical (unpaired) electrons. The lowest BCUT2D eigenvalue weighted by Gasteiger charge is -2.35. The topological polar surface area (TPSA) is 48.5 Å². The summed E-state index contributed by atoms with van der Waals surface area (Å²) in [5, 5.41) is 3.22. The van der Waals surface area contributed by atoms with Crippen LogP contribution in [-0.2, 0) is 4.79 Å². The molecule has 1 saturated heterocycles. The molecule has 1 saturated carbocycles. The van der Waals surface area contributed by atoms with Crippen LogP contribution in [0.25, 0.3) is 0 Å². The first-order valence-electron chi connectivity index (χ1n) is 8.88. The molecule has 2 fully saturated rings. The normalized spacial score (nSPS) is 26.0. The Bertz CT molecular complexity index is 491. The van der Waals surface area contributed by atoms with Crippen molar-refractivity contribution in [3.05, 3.63) is 24.4 Å². The number of pyridine rings is 1. The first kappa shape index (κ1) is 16.2. The molecule has 1 aromatic heterocycles. The van der Waals surface area contributed by atoms with Crippen molar-refractivity contribution in [3.8, 4) is 0 Å². The molecule has 0 unspecified atom stereocenters. The first-order chi connectivity index (χ1) is 11.2. The number of hydrogen-bond donors (Lipinski definition) is 1. The van der Waals surface area contributed by atoms with Crippen LogP contribution in [0.5, 0.6) is 0 Å². The van der Waals surface area contributed by atoms with E-state index in [0.29, 0.717) is 12.6 Å². The summed E-state index contributed by atoms with van der Waals surface area (Å²) in [4.78, 5) is 21.2. The minimum atomic E-state index is 0.191. The van der Waals surface area contributed by atoms with Gasteiger partial charge in [0.05, 0.1) is 6.54 Å². The van der Waals surface area contributed by atoms with Crippen LogP contribution in [0.15, 0.2) is 24.4 Å². The highest BCUT2D eigenvalue weighted by Crippen LogP contribution is 2.23. The summed E-state index contributed by atoms with van der Waals surface area (Å²) in [5.41, 5.74) is 0. The van der Waals surface area contributed by atoms with E-state index in [1.54, 1.807) is 0 Å². The third-order valence-corrected chi connectivity index (χ3v) is 5.09. The summed E-state index contributed by atoms with van der Waals surface area (Å²) < 4.78 is 0. The predicted molar refractivity (Wildman–Crippen MR) is 92.5 cm³/mol.